The third-order valence-corrected chi connectivity index (χ3v) is 5.59. The molecule has 0 bridgehead atoms. The first-order valence-electron chi connectivity index (χ1n) is 7.39. The first-order chi connectivity index (χ1) is 12.7. The van der Waals surface area contributed by atoms with Gasteiger partial charge in [-0.3, -0.25) is 4.79 Å². The number of nitrogens with zero attached hydrogens (tertiary/aromatic N) is 3. The van der Waals surface area contributed by atoms with Crippen molar-refractivity contribution in [1.29, 1.82) is 0 Å². The highest BCUT2D eigenvalue weighted by molar-refractivity contribution is 7.90. The first-order valence-corrected chi connectivity index (χ1v) is 10.0. The third kappa shape index (κ3) is 4.24. The van der Waals surface area contributed by atoms with E-state index in [0.717, 1.165) is 0 Å². The van der Waals surface area contributed by atoms with Crippen LogP contribution in [0.3, 0.4) is 0 Å². The Labute approximate surface area is 169 Å². The number of sulfonamides is 1. The Bertz CT molecular complexity index is 1110. The lowest BCUT2D eigenvalue weighted by molar-refractivity contribution is 0.0976. The summed E-state index contributed by atoms with van der Waals surface area (Å²) in [6.45, 7) is 1.57. The first kappa shape index (κ1) is 19.6. The Hall–Kier alpha value is -2.13. The molecule has 0 saturated carbocycles. The fourth-order valence-electron chi connectivity index (χ4n) is 2.29. The maximum absolute atomic E-state index is 12.4. The van der Waals surface area contributed by atoms with Crippen molar-refractivity contribution in [2.45, 2.75) is 11.8 Å². The minimum Gasteiger partial charge on any atom is -0.266 e. The third-order valence-electron chi connectivity index (χ3n) is 3.55. The van der Waals surface area contributed by atoms with Crippen LogP contribution in [-0.2, 0) is 10.0 Å². The second-order valence-electron chi connectivity index (χ2n) is 5.45. The molecule has 11 heteroatoms. The number of amides is 1. The van der Waals surface area contributed by atoms with Gasteiger partial charge in [0.25, 0.3) is 15.9 Å². The number of carbonyl (C=O) groups excluding carboxylic acids is 1. The zero-order chi connectivity index (χ0) is 19.8. The van der Waals surface area contributed by atoms with Crippen molar-refractivity contribution in [2.75, 3.05) is 0 Å². The van der Waals surface area contributed by atoms with Crippen LogP contribution < -0.4 is 4.72 Å². The molecule has 3 rings (SSSR count). The van der Waals surface area contributed by atoms with Crippen LogP contribution in [-0.4, -0.2) is 29.3 Å². The Morgan fingerprint density at radius 3 is 2.19 bits per heavy atom. The topological polar surface area (TPSA) is 93.9 Å². The number of hydrogen-bond donors (Lipinski definition) is 1. The number of carbonyl (C=O) groups is 1. The van der Waals surface area contributed by atoms with Crippen LogP contribution in [0.25, 0.3) is 5.69 Å². The van der Waals surface area contributed by atoms with Crippen LogP contribution in [0, 0.1) is 6.92 Å². The molecule has 0 unspecified atom stereocenters. The highest BCUT2D eigenvalue weighted by Gasteiger charge is 2.23. The van der Waals surface area contributed by atoms with Crippen LogP contribution in [0.4, 0.5) is 0 Å². The normalized spacial score (nSPS) is 11.4. The fraction of sp³-hybridized carbons (Fsp3) is 0.0625. The summed E-state index contributed by atoms with van der Waals surface area (Å²) in [7, 11) is -4.09. The summed E-state index contributed by atoms with van der Waals surface area (Å²) in [4.78, 5) is 12.3. The van der Waals surface area contributed by atoms with E-state index >= 15 is 0 Å². The van der Waals surface area contributed by atoms with Crippen molar-refractivity contribution < 1.29 is 13.2 Å². The van der Waals surface area contributed by atoms with Gasteiger partial charge >= 0.3 is 0 Å². The van der Waals surface area contributed by atoms with E-state index in [1.807, 2.05) is 4.72 Å². The summed E-state index contributed by atoms with van der Waals surface area (Å²) in [6.07, 6.45) is 0. The fourth-order valence-corrected chi connectivity index (χ4v) is 3.88. The van der Waals surface area contributed by atoms with E-state index in [4.69, 9.17) is 34.8 Å². The average molecular weight is 446 g/mol. The van der Waals surface area contributed by atoms with Gasteiger partial charge in [-0.25, -0.2) is 17.8 Å². The molecule has 0 saturated heterocycles. The molecule has 1 heterocycles. The van der Waals surface area contributed by atoms with Crippen molar-refractivity contribution >= 4 is 50.7 Å². The van der Waals surface area contributed by atoms with Gasteiger partial charge in [-0.2, -0.15) is 0 Å². The summed E-state index contributed by atoms with van der Waals surface area (Å²) in [5.41, 5.74) is 0.651. The van der Waals surface area contributed by atoms with E-state index in [9.17, 15) is 13.2 Å². The molecule has 7 nitrogen and oxygen atoms in total. The Balaban J connectivity index is 1.90. The molecule has 1 aromatic heterocycles. The van der Waals surface area contributed by atoms with Gasteiger partial charge in [0.05, 0.1) is 16.3 Å². The molecule has 0 aliphatic rings. The second-order valence-corrected chi connectivity index (χ2v) is 8.44. The van der Waals surface area contributed by atoms with E-state index in [1.165, 1.54) is 28.9 Å². The molecule has 0 aliphatic carbocycles. The van der Waals surface area contributed by atoms with Crippen LogP contribution in [0.5, 0.6) is 0 Å². The zero-order valence-corrected chi connectivity index (χ0v) is 16.7. The molecule has 1 amide bonds. The summed E-state index contributed by atoms with van der Waals surface area (Å²) < 4.78 is 28.0. The monoisotopic (exact) mass is 444 g/mol. The number of rotatable bonds is 4. The van der Waals surface area contributed by atoms with Gasteiger partial charge in [0.15, 0.2) is 5.69 Å². The number of aromatic nitrogens is 3. The zero-order valence-electron chi connectivity index (χ0n) is 13.6. The van der Waals surface area contributed by atoms with Gasteiger partial charge in [-0.15, -0.1) is 5.10 Å². The SMILES string of the molecule is Cc1c(C(=O)NS(=O)(=O)c2ccc(Cl)cc2)nnn1-c1cc(Cl)cc(Cl)c1. The average Bonchev–Trinajstić information content (AvgIpc) is 2.95. The van der Waals surface area contributed by atoms with E-state index in [1.54, 1.807) is 25.1 Å². The van der Waals surface area contributed by atoms with Gasteiger partial charge in [0.1, 0.15) is 0 Å². The summed E-state index contributed by atoms with van der Waals surface area (Å²) >= 11 is 17.7. The summed E-state index contributed by atoms with van der Waals surface area (Å²) in [6, 6.07) is 10.1. The predicted molar refractivity (Wildman–Crippen MR) is 102 cm³/mol. The van der Waals surface area contributed by atoms with Gasteiger partial charge in [-0.05, 0) is 49.4 Å². The number of benzene rings is 2. The Morgan fingerprint density at radius 2 is 1.59 bits per heavy atom. The van der Waals surface area contributed by atoms with Crippen molar-refractivity contribution in [2.24, 2.45) is 0 Å². The Morgan fingerprint density at radius 1 is 1.00 bits per heavy atom. The number of nitrogens with one attached hydrogen (secondary N) is 1. The van der Waals surface area contributed by atoms with E-state index in [2.05, 4.69) is 10.3 Å². The molecule has 0 aliphatic heterocycles. The molecule has 2 aromatic carbocycles. The van der Waals surface area contributed by atoms with Crippen LogP contribution >= 0.6 is 34.8 Å². The van der Waals surface area contributed by atoms with Crippen LogP contribution in [0.15, 0.2) is 47.4 Å². The van der Waals surface area contributed by atoms with Crippen molar-refractivity contribution in [3.05, 3.63) is 68.9 Å². The van der Waals surface area contributed by atoms with Crippen molar-refractivity contribution in [3.63, 3.8) is 0 Å². The summed E-state index contributed by atoms with van der Waals surface area (Å²) in [5.74, 6) is -0.915. The van der Waals surface area contributed by atoms with Crippen LogP contribution in [0.2, 0.25) is 15.1 Å². The van der Waals surface area contributed by atoms with Gasteiger partial charge in [0.2, 0.25) is 0 Å². The lowest BCUT2D eigenvalue weighted by Crippen LogP contribution is -2.31. The lowest BCUT2D eigenvalue weighted by Gasteiger charge is -2.07. The van der Waals surface area contributed by atoms with Crippen molar-refractivity contribution in [3.8, 4) is 5.69 Å². The van der Waals surface area contributed by atoms with Gasteiger partial charge < -0.3 is 0 Å². The quantitative estimate of drug-likeness (QED) is 0.661. The van der Waals surface area contributed by atoms with E-state index in [-0.39, 0.29) is 10.6 Å². The highest BCUT2D eigenvalue weighted by Crippen LogP contribution is 2.23. The molecular formula is C16H11Cl3N4O3S. The van der Waals surface area contributed by atoms with Crippen LogP contribution in [0.1, 0.15) is 16.2 Å². The maximum atomic E-state index is 12.4. The minimum absolute atomic E-state index is 0.105. The van der Waals surface area contributed by atoms with Gasteiger partial charge in [-0.1, -0.05) is 40.0 Å². The molecule has 0 atom stereocenters. The van der Waals surface area contributed by atoms with Gasteiger partial charge in [0, 0.05) is 15.1 Å². The minimum atomic E-state index is -4.09. The largest absolute Gasteiger partial charge is 0.287 e. The molecule has 3 aromatic rings. The number of hydrogen-bond acceptors (Lipinski definition) is 5. The lowest BCUT2D eigenvalue weighted by atomic mass is 10.3. The molecule has 0 spiro atoms. The molecule has 27 heavy (non-hydrogen) atoms. The van der Waals surface area contributed by atoms with Crippen molar-refractivity contribution in [1.82, 2.24) is 19.7 Å². The highest BCUT2D eigenvalue weighted by atomic mass is 35.5. The molecule has 1 N–H and O–H groups in total. The number of halogens is 3. The molecule has 140 valence electrons. The van der Waals surface area contributed by atoms with E-state index in [0.29, 0.717) is 26.4 Å². The standard InChI is InChI=1S/C16H11Cl3N4O3S/c1-9-15(20-22-23(9)13-7-11(18)6-12(19)8-13)16(24)21-27(25,26)14-4-2-10(17)3-5-14/h2-8H,1H3,(H,21,24). The van der Waals surface area contributed by atoms with E-state index < -0.39 is 15.9 Å². The molecule has 0 radical (unpaired) electrons. The maximum Gasteiger partial charge on any atom is 0.287 e. The smallest absolute Gasteiger partial charge is 0.266 e. The predicted octanol–water partition coefficient (Wildman–Crippen LogP) is 3.65. The molecular weight excluding hydrogens is 435 g/mol. The molecule has 0 fully saturated rings. The summed E-state index contributed by atoms with van der Waals surface area (Å²) in [5, 5.41) is 8.78. The second kappa shape index (κ2) is 7.47. The Kier molecular flexibility index (Phi) is 5.43.